The van der Waals surface area contributed by atoms with Gasteiger partial charge in [0.25, 0.3) is 0 Å². The van der Waals surface area contributed by atoms with Gasteiger partial charge in [-0.3, -0.25) is 0 Å². The molecule has 0 saturated heterocycles. The van der Waals surface area contributed by atoms with Gasteiger partial charge in [0.15, 0.2) is 0 Å². The van der Waals surface area contributed by atoms with Crippen molar-refractivity contribution < 1.29 is 9.50 Å². The second-order valence-electron chi connectivity index (χ2n) is 9.25. The van der Waals surface area contributed by atoms with E-state index in [4.69, 9.17) is 23.2 Å². The Bertz CT molecular complexity index is 1170. The number of halogens is 3. The van der Waals surface area contributed by atoms with Crippen LogP contribution in [0.25, 0.3) is 11.8 Å². The number of aliphatic hydroxyl groups excluding tert-OH is 1. The first kappa shape index (κ1) is 21.7. The molecule has 0 bridgehead atoms. The van der Waals surface area contributed by atoms with E-state index < -0.39 is 6.10 Å². The number of fused-ring (bicyclic) bond motifs is 2. The van der Waals surface area contributed by atoms with Crippen LogP contribution >= 0.6 is 23.2 Å². The molecule has 166 valence electrons. The minimum absolute atomic E-state index is 0.127. The molecule has 1 heterocycles. The van der Waals surface area contributed by atoms with Gasteiger partial charge in [-0.05, 0) is 103 Å². The highest BCUT2D eigenvalue weighted by atomic mass is 35.5. The third kappa shape index (κ3) is 3.89. The summed E-state index contributed by atoms with van der Waals surface area (Å²) in [6.45, 7) is 2.27. The minimum Gasteiger partial charge on any atom is -0.392 e. The molecule has 0 aliphatic heterocycles. The Morgan fingerprint density at radius 1 is 1.19 bits per heavy atom. The van der Waals surface area contributed by atoms with E-state index in [1.807, 2.05) is 23.0 Å². The van der Waals surface area contributed by atoms with E-state index in [0.29, 0.717) is 16.5 Å². The number of aliphatic hydroxyl groups is 1. The maximum Gasteiger partial charge on any atom is 0.123 e. The number of nitrogens with zero attached hydrogens (tertiary/aromatic N) is 2. The maximum absolute atomic E-state index is 13.4. The van der Waals surface area contributed by atoms with E-state index >= 15 is 0 Å². The number of benzene rings is 2. The summed E-state index contributed by atoms with van der Waals surface area (Å²) in [5.74, 6) is -0.131. The molecule has 1 N–H and O–H groups in total. The molecular weight excluding hydrogens is 446 g/mol. The molecule has 2 aromatic carbocycles. The van der Waals surface area contributed by atoms with Crippen molar-refractivity contribution in [3.05, 3.63) is 86.9 Å². The van der Waals surface area contributed by atoms with Crippen LogP contribution in [0, 0.1) is 17.2 Å². The predicted molar refractivity (Wildman–Crippen MR) is 127 cm³/mol. The first-order valence-corrected chi connectivity index (χ1v) is 11.8. The SMILES string of the molecule is CC12Cc3cnn(-c4ccc(F)cc4)c3C=C1CCC[C@@H]2C(O)Cc1cc(Cl)cc(Cl)c1. The Morgan fingerprint density at radius 3 is 2.62 bits per heavy atom. The van der Waals surface area contributed by atoms with E-state index in [9.17, 15) is 9.50 Å². The summed E-state index contributed by atoms with van der Waals surface area (Å²) in [5.41, 5.74) is 5.23. The summed E-state index contributed by atoms with van der Waals surface area (Å²) < 4.78 is 15.3. The van der Waals surface area contributed by atoms with E-state index in [0.717, 1.165) is 48.2 Å². The average molecular weight is 471 g/mol. The molecule has 6 heteroatoms. The molecule has 5 rings (SSSR count). The summed E-state index contributed by atoms with van der Waals surface area (Å²) in [5, 5.41) is 17.1. The van der Waals surface area contributed by atoms with Gasteiger partial charge in [0.05, 0.1) is 23.7 Å². The number of hydrogen-bond acceptors (Lipinski definition) is 2. The van der Waals surface area contributed by atoms with Crippen LogP contribution in [-0.4, -0.2) is 21.0 Å². The van der Waals surface area contributed by atoms with Crippen LogP contribution in [0.15, 0.2) is 54.2 Å². The summed E-state index contributed by atoms with van der Waals surface area (Å²) >= 11 is 12.3. The number of rotatable bonds is 4. The Labute approximate surface area is 197 Å². The molecule has 2 aliphatic carbocycles. The highest BCUT2D eigenvalue weighted by Crippen LogP contribution is 2.52. The van der Waals surface area contributed by atoms with Crippen LogP contribution in [-0.2, 0) is 12.8 Å². The summed E-state index contributed by atoms with van der Waals surface area (Å²) in [6.07, 6.45) is 8.03. The third-order valence-electron chi connectivity index (χ3n) is 7.17. The zero-order valence-corrected chi connectivity index (χ0v) is 19.4. The lowest BCUT2D eigenvalue weighted by molar-refractivity contribution is 0.0234. The van der Waals surface area contributed by atoms with Crippen molar-refractivity contribution in [1.82, 2.24) is 9.78 Å². The zero-order chi connectivity index (χ0) is 22.5. The quantitative estimate of drug-likeness (QED) is 0.462. The van der Waals surface area contributed by atoms with Crippen LogP contribution in [0.1, 0.15) is 43.0 Å². The van der Waals surface area contributed by atoms with Crippen molar-refractivity contribution in [3.63, 3.8) is 0 Å². The maximum atomic E-state index is 13.4. The molecule has 1 aromatic heterocycles. The molecule has 0 spiro atoms. The van der Waals surface area contributed by atoms with E-state index in [-0.39, 0.29) is 17.2 Å². The van der Waals surface area contributed by atoms with Crippen LogP contribution in [0.3, 0.4) is 0 Å². The molecule has 3 aromatic rings. The summed E-state index contributed by atoms with van der Waals surface area (Å²) in [6, 6.07) is 11.9. The Balaban J connectivity index is 1.45. The van der Waals surface area contributed by atoms with Gasteiger partial charge >= 0.3 is 0 Å². The normalized spacial score (nSPS) is 23.3. The largest absolute Gasteiger partial charge is 0.392 e. The van der Waals surface area contributed by atoms with Gasteiger partial charge in [-0.1, -0.05) is 35.7 Å². The molecule has 2 unspecified atom stereocenters. The van der Waals surface area contributed by atoms with E-state index in [1.165, 1.54) is 17.7 Å². The third-order valence-corrected chi connectivity index (χ3v) is 7.61. The number of aromatic nitrogens is 2. The lowest BCUT2D eigenvalue weighted by Gasteiger charge is -2.47. The topological polar surface area (TPSA) is 38.0 Å². The van der Waals surface area contributed by atoms with Gasteiger partial charge in [0.1, 0.15) is 5.82 Å². The molecule has 32 heavy (non-hydrogen) atoms. The first-order chi connectivity index (χ1) is 15.3. The Morgan fingerprint density at radius 2 is 1.91 bits per heavy atom. The molecule has 0 amide bonds. The molecular formula is C26H25Cl2FN2O. The Kier molecular flexibility index (Phi) is 5.65. The standard InChI is InChI=1S/C26H25Cl2FN2O/c1-26-14-17-15-30-31(22-7-5-21(29)6-8-22)24(17)12-18(26)3-2-4-23(26)25(32)11-16-9-19(27)13-20(28)10-16/h5-10,12-13,15,23,25,32H,2-4,11,14H2,1H3/t23-,25?,26?/m1/s1. The average Bonchev–Trinajstić information content (AvgIpc) is 3.13. The fourth-order valence-corrected chi connectivity index (χ4v) is 6.17. The lowest BCUT2D eigenvalue weighted by atomic mass is 9.58. The second kappa shape index (κ2) is 8.33. The fourth-order valence-electron chi connectivity index (χ4n) is 5.60. The van der Waals surface area contributed by atoms with Crippen molar-refractivity contribution in [1.29, 1.82) is 0 Å². The molecule has 1 saturated carbocycles. The van der Waals surface area contributed by atoms with Gasteiger partial charge in [-0.2, -0.15) is 5.10 Å². The van der Waals surface area contributed by atoms with Crippen molar-refractivity contribution in [2.24, 2.45) is 11.3 Å². The predicted octanol–water partition coefficient (Wildman–Crippen LogP) is 6.67. The van der Waals surface area contributed by atoms with Gasteiger partial charge in [-0.25, -0.2) is 9.07 Å². The van der Waals surface area contributed by atoms with Gasteiger partial charge in [0.2, 0.25) is 0 Å². The van der Waals surface area contributed by atoms with Crippen LogP contribution in [0.5, 0.6) is 0 Å². The first-order valence-electron chi connectivity index (χ1n) is 11.0. The van der Waals surface area contributed by atoms with Crippen molar-refractivity contribution >= 4 is 29.3 Å². The van der Waals surface area contributed by atoms with Crippen molar-refractivity contribution in [2.75, 3.05) is 0 Å². The highest BCUT2D eigenvalue weighted by Gasteiger charge is 2.46. The molecule has 0 radical (unpaired) electrons. The Hall–Kier alpha value is -2.14. The zero-order valence-electron chi connectivity index (χ0n) is 17.9. The van der Waals surface area contributed by atoms with Gasteiger partial charge in [-0.15, -0.1) is 0 Å². The molecule has 2 aliphatic rings. The fraction of sp³-hybridized carbons (Fsp3) is 0.346. The molecule has 1 fully saturated rings. The monoisotopic (exact) mass is 470 g/mol. The van der Waals surface area contributed by atoms with Gasteiger partial charge in [0, 0.05) is 10.0 Å². The van der Waals surface area contributed by atoms with Crippen LogP contribution in [0.4, 0.5) is 4.39 Å². The molecule has 3 atom stereocenters. The van der Waals surface area contributed by atoms with Crippen LogP contribution < -0.4 is 0 Å². The van der Waals surface area contributed by atoms with Gasteiger partial charge < -0.3 is 5.11 Å². The summed E-state index contributed by atoms with van der Waals surface area (Å²) in [4.78, 5) is 0. The highest BCUT2D eigenvalue weighted by molar-refractivity contribution is 6.34. The number of hydrogen-bond donors (Lipinski definition) is 1. The second-order valence-corrected chi connectivity index (χ2v) is 10.1. The lowest BCUT2D eigenvalue weighted by Crippen LogP contribution is -2.43. The number of allylic oxidation sites excluding steroid dienone is 1. The van der Waals surface area contributed by atoms with Crippen LogP contribution in [0.2, 0.25) is 10.0 Å². The van der Waals surface area contributed by atoms with E-state index in [2.05, 4.69) is 18.1 Å². The van der Waals surface area contributed by atoms with E-state index in [1.54, 1.807) is 18.2 Å². The smallest absolute Gasteiger partial charge is 0.123 e. The van der Waals surface area contributed by atoms with Crippen molar-refractivity contribution in [3.8, 4) is 5.69 Å². The van der Waals surface area contributed by atoms with Crippen molar-refractivity contribution in [2.45, 2.75) is 45.1 Å². The molecule has 3 nitrogen and oxygen atoms in total. The summed E-state index contributed by atoms with van der Waals surface area (Å²) in [7, 11) is 0. The minimum atomic E-state index is -0.494.